The molecule has 3 fully saturated rings. The van der Waals surface area contributed by atoms with Gasteiger partial charge in [-0.1, -0.05) is 23.7 Å². The molecule has 132 valence electrons. The monoisotopic (exact) mass is 371 g/mol. The van der Waals surface area contributed by atoms with Crippen LogP contribution in [0.2, 0.25) is 5.02 Å². The van der Waals surface area contributed by atoms with Crippen molar-refractivity contribution in [3.63, 3.8) is 0 Å². The van der Waals surface area contributed by atoms with Crippen molar-refractivity contribution < 1.29 is 17.9 Å². The summed E-state index contributed by atoms with van der Waals surface area (Å²) >= 11 is 6.05. The molecule has 7 heteroatoms. The molecule has 1 aromatic rings. The standard InChI is InChI=1S/C17H22ClNO4S/c18-15-3-1-2-4-16(15)24(20,21)19-11-17(12-19)9-14(7-8-23-17)22-10-13-5-6-13/h1-4,13-14H,5-12H2/t14-/m0/s1. The molecule has 0 amide bonds. The molecular formula is C17H22ClNO4S. The first kappa shape index (κ1) is 16.8. The third-order valence-corrected chi connectivity index (χ3v) is 7.39. The van der Waals surface area contributed by atoms with E-state index in [1.807, 2.05) is 0 Å². The fourth-order valence-electron chi connectivity index (χ4n) is 3.46. The first-order valence-corrected chi connectivity index (χ1v) is 10.3. The maximum absolute atomic E-state index is 12.7. The molecule has 4 rings (SSSR count). The second-order valence-corrected chi connectivity index (χ2v) is 9.44. The van der Waals surface area contributed by atoms with Crippen LogP contribution in [0.1, 0.15) is 25.7 Å². The number of halogens is 1. The summed E-state index contributed by atoms with van der Waals surface area (Å²) in [5.74, 6) is 0.738. The second-order valence-electron chi connectivity index (χ2n) is 7.13. The predicted molar refractivity (Wildman–Crippen MR) is 90.6 cm³/mol. The second kappa shape index (κ2) is 6.25. The summed E-state index contributed by atoms with van der Waals surface area (Å²) < 4.78 is 38.8. The van der Waals surface area contributed by atoms with Crippen molar-refractivity contribution in [3.8, 4) is 0 Å². The normalized spacial score (nSPS) is 27.1. The van der Waals surface area contributed by atoms with Crippen LogP contribution in [0.4, 0.5) is 0 Å². The highest BCUT2D eigenvalue weighted by Gasteiger charge is 2.52. The Balaban J connectivity index is 1.40. The van der Waals surface area contributed by atoms with Crippen LogP contribution < -0.4 is 0 Å². The van der Waals surface area contributed by atoms with Crippen LogP contribution in [0.15, 0.2) is 29.2 Å². The van der Waals surface area contributed by atoms with E-state index in [-0.39, 0.29) is 21.6 Å². The summed E-state index contributed by atoms with van der Waals surface area (Å²) in [6, 6.07) is 6.56. The highest BCUT2D eigenvalue weighted by Crippen LogP contribution is 2.40. The van der Waals surface area contributed by atoms with E-state index in [2.05, 4.69) is 0 Å². The van der Waals surface area contributed by atoms with Gasteiger partial charge >= 0.3 is 0 Å². The summed E-state index contributed by atoms with van der Waals surface area (Å²) in [5.41, 5.74) is -0.388. The van der Waals surface area contributed by atoms with Crippen molar-refractivity contribution in [1.82, 2.24) is 4.31 Å². The number of sulfonamides is 1. The van der Waals surface area contributed by atoms with Gasteiger partial charge in [0.05, 0.1) is 16.7 Å². The summed E-state index contributed by atoms with van der Waals surface area (Å²) in [6.45, 7) is 2.23. The largest absolute Gasteiger partial charge is 0.378 e. The zero-order chi connectivity index (χ0) is 16.8. The van der Waals surface area contributed by atoms with E-state index in [4.69, 9.17) is 21.1 Å². The molecule has 1 spiro atoms. The van der Waals surface area contributed by atoms with Crippen LogP contribution in [0.5, 0.6) is 0 Å². The quantitative estimate of drug-likeness (QED) is 0.798. The van der Waals surface area contributed by atoms with Gasteiger partial charge in [-0.05, 0) is 37.3 Å². The van der Waals surface area contributed by atoms with E-state index in [0.29, 0.717) is 19.7 Å². The van der Waals surface area contributed by atoms with Crippen molar-refractivity contribution in [2.45, 2.75) is 42.3 Å². The third-order valence-electron chi connectivity index (χ3n) is 5.10. The number of hydrogen-bond acceptors (Lipinski definition) is 4. The van der Waals surface area contributed by atoms with Gasteiger partial charge in [-0.3, -0.25) is 0 Å². The minimum absolute atomic E-state index is 0.166. The van der Waals surface area contributed by atoms with E-state index < -0.39 is 10.0 Å². The molecule has 0 unspecified atom stereocenters. The van der Waals surface area contributed by atoms with E-state index in [0.717, 1.165) is 25.4 Å². The Bertz CT molecular complexity index is 713. The van der Waals surface area contributed by atoms with Gasteiger partial charge in [0.1, 0.15) is 4.90 Å². The molecule has 0 N–H and O–H groups in total. The van der Waals surface area contributed by atoms with Crippen molar-refractivity contribution in [3.05, 3.63) is 29.3 Å². The maximum Gasteiger partial charge on any atom is 0.244 e. The van der Waals surface area contributed by atoms with Crippen LogP contribution in [0, 0.1) is 5.92 Å². The highest BCUT2D eigenvalue weighted by molar-refractivity contribution is 7.89. The zero-order valence-corrected chi connectivity index (χ0v) is 15.1. The van der Waals surface area contributed by atoms with E-state index in [9.17, 15) is 8.42 Å². The van der Waals surface area contributed by atoms with Crippen molar-refractivity contribution in [1.29, 1.82) is 0 Å². The summed E-state index contributed by atoms with van der Waals surface area (Å²) in [4.78, 5) is 0.166. The lowest BCUT2D eigenvalue weighted by Gasteiger charge is -2.52. The fraction of sp³-hybridized carbons (Fsp3) is 0.647. The highest BCUT2D eigenvalue weighted by atomic mass is 35.5. The van der Waals surface area contributed by atoms with Crippen LogP contribution in [-0.2, 0) is 19.5 Å². The molecular weight excluding hydrogens is 350 g/mol. The summed E-state index contributed by atoms with van der Waals surface area (Å²) in [5, 5.41) is 0.258. The zero-order valence-electron chi connectivity index (χ0n) is 13.5. The Morgan fingerprint density at radius 2 is 2.00 bits per heavy atom. The fourth-order valence-corrected chi connectivity index (χ4v) is 5.54. The Hall–Kier alpha value is -0.660. The van der Waals surface area contributed by atoms with Gasteiger partial charge in [0.25, 0.3) is 0 Å². The predicted octanol–water partition coefficient (Wildman–Crippen LogP) is 2.69. The lowest BCUT2D eigenvalue weighted by molar-refractivity contribution is -0.179. The molecule has 5 nitrogen and oxygen atoms in total. The maximum atomic E-state index is 12.7. The Morgan fingerprint density at radius 1 is 1.25 bits per heavy atom. The average molecular weight is 372 g/mol. The van der Waals surface area contributed by atoms with Crippen LogP contribution in [0.3, 0.4) is 0 Å². The molecule has 1 aromatic carbocycles. The van der Waals surface area contributed by atoms with Gasteiger partial charge < -0.3 is 9.47 Å². The lowest BCUT2D eigenvalue weighted by atomic mass is 9.86. The molecule has 3 aliphatic rings. The SMILES string of the molecule is O=S(=O)(c1ccccc1Cl)N1CC2(C[C@@H](OCC3CC3)CCO2)C1. The lowest BCUT2D eigenvalue weighted by Crippen LogP contribution is -2.67. The number of benzene rings is 1. The van der Waals surface area contributed by atoms with Crippen molar-refractivity contribution in [2.75, 3.05) is 26.3 Å². The molecule has 0 radical (unpaired) electrons. The third kappa shape index (κ3) is 3.22. The van der Waals surface area contributed by atoms with Crippen molar-refractivity contribution >= 4 is 21.6 Å². The minimum Gasteiger partial charge on any atom is -0.378 e. The van der Waals surface area contributed by atoms with Gasteiger partial charge in [-0.25, -0.2) is 8.42 Å². The minimum atomic E-state index is -3.56. The Morgan fingerprint density at radius 3 is 2.71 bits per heavy atom. The summed E-state index contributed by atoms with van der Waals surface area (Å²) in [6.07, 6.45) is 4.40. The van der Waals surface area contributed by atoms with E-state index in [1.54, 1.807) is 24.3 Å². The van der Waals surface area contributed by atoms with Crippen molar-refractivity contribution in [2.24, 2.45) is 5.92 Å². The van der Waals surface area contributed by atoms with Crippen LogP contribution >= 0.6 is 11.6 Å². The van der Waals surface area contributed by atoms with Crippen LogP contribution in [0.25, 0.3) is 0 Å². The Kier molecular flexibility index (Phi) is 4.37. The number of hydrogen-bond donors (Lipinski definition) is 0. The number of rotatable bonds is 5. The molecule has 24 heavy (non-hydrogen) atoms. The van der Waals surface area contributed by atoms with E-state index in [1.165, 1.54) is 17.1 Å². The molecule has 2 saturated heterocycles. The average Bonchev–Trinajstić information content (AvgIpc) is 3.35. The topological polar surface area (TPSA) is 55.8 Å². The smallest absolute Gasteiger partial charge is 0.244 e. The summed E-state index contributed by atoms with van der Waals surface area (Å²) in [7, 11) is -3.56. The van der Waals surface area contributed by atoms with Gasteiger partial charge in [-0.2, -0.15) is 4.31 Å². The molecule has 0 bridgehead atoms. The van der Waals surface area contributed by atoms with Gasteiger partial charge in [0.2, 0.25) is 10.0 Å². The Labute approximate surface area is 147 Å². The molecule has 2 heterocycles. The van der Waals surface area contributed by atoms with Gasteiger partial charge in [0.15, 0.2) is 0 Å². The van der Waals surface area contributed by atoms with Gasteiger partial charge in [0, 0.05) is 32.7 Å². The van der Waals surface area contributed by atoms with Crippen LogP contribution in [-0.4, -0.2) is 50.7 Å². The number of nitrogens with zero attached hydrogens (tertiary/aromatic N) is 1. The van der Waals surface area contributed by atoms with E-state index >= 15 is 0 Å². The van der Waals surface area contributed by atoms with Gasteiger partial charge in [-0.15, -0.1) is 0 Å². The number of ether oxygens (including phenoxy) is 2. The molecule has 0 aromatic heterocycles. The molecule has 2 aliphatic heterocycles. The molecule has 1 saturated carbocycles. The molecule has 1 atom stereocenters. The molecule has 1 aliphatic carbocycles. The first-order valence-electron chi connectivity index (χ1n) is 8.49. The first-order chi connectivity index (χ1) is 11.5.